The number of nitrogens with one attached hydrogen (secondary N) is 1. The summed E-state index contributed by atoms with van der Waals surface area (Å²) in [5.41, 5.74) is 2.75. The number of amides is 2. The minimum absolute atomic E-state index is 0.00862. The molecule has 0 spiro atoms. The molecule has 0 radical (unpaired) electrons. The Bertz CT molecular complexity index is 994. The van der Waals surface area contributed by atoms with Gasteiger partial charge in [-0.2, -0.15) is 0 Å². The summed E-state index contributed by atoms with van der Waals surface area (Å²) < 4.78 is 0. The molecule has 2 aromatic carbocycles. The highest BCUT2D eigenvalue weighted by atomic mass is 35.5. The molecule has 1 atom stereocenters. The van der Waals surface area contributed by atoms with Crippen molar-refractivity contribution in [3.63, 3.8) is 0 Å². The number of aromatic nitrogens is 1. The summed E-state index contributed by atoms with van der Waals surface area (Å²) in [6.45, 7) is 1.17. The Kier molecular flexibility index (Phi) is 7.17. The van der Waals surface area contributed by atoms with Crippen LogP contribution in [-0.4, -0.2) is 34.8 Å². The van der Waals surface area contributed by atoms with Gasteiger partial charge in [-0.3, -0.25) is 14.6 Å². The molecule has 164 valence electrons. The van der Waals surface area contributed by atoms with Gasteiger partial charge in [0.2, 0.25) is 11.8 Å². The fourth-order valence-electron chi connectivity index (χ4n) is 4.06. The van der Waals surface area contributed by atoms with Crippen LogP contribution in [0.4, 0.5) is 0 Å². The summed E-state index contributed by atoms with van der Waals surface area (Å²) in [7, 11) is 0. The molecule has 2 heterocycles. The Morgan fingerprint density at radius 2 is 1.66 bits per heavy atom. The van der Waals surface area contributed by atoms with Gasteiger partial charge in [-0.1, -0.05) is 60.1 Å². The second-order valence-electron chi connectivity index (χ2n) is 8.07. The predicted molar refractivity (Wildman–Crippen MR) is 125 cm³/mol. The maximum atomic E-state index is 13.1. The molecule has 1 saturated heterocycles. The van der Waals surface area contributed by atoms with Crippen molar-refractivity contribution in [2.75, 3.05) is 13.1 Å². The number of halogens is 1. The first-order valence-corrected chi connectivity index (χ1v) is 11.3. The Morgan fingerprint density at radius 1 is 0.969 bits per heavy atom. The van der Waals surface area contributed by atoms with Gasteiger partial charge in [0.25, 0.3) is 0 Å². The van der Waals surface area contributed by atoms with Gasteiger partial charge in [0.1, 0.15) is 0 Å². The van der Waals surface area contributed by atoms with E-state index in [4.69, 9.17) is 11.6 Å². The van der Waals surface area contributed by atoms with Gasteiger partial charge in [-0.15, -0.1) is 0 Å². The number of carbonyl (C=O) groups is 2. The highest BCUT2D eigenvalue weighted by Crippen LogP contribution is 2.24. The summed E-state index contributed by atoms with van der Waals surface area (Å²) in [4.78, 5) is 32.1. The van der Waals surface area contributed by atoms with Crippen molar-refractivity contribution < 1.29 is 9.59 Å². The lowest BCUT2D eigenvalue weighted by molar-refractivity contribution is -0.135. The molecule has 3 aromatic rings. The quantitative estimate of drug-likeness (QED) is 0.608. The van der Waals surface area contributed by atoms with E-state index in [0.717, 1.165) is 16.8 Å². The zero-order valence-electron chi connectivity index (χ0n) is 17.8. The summed E-state index contributed by atoms with van der Waals surface area (Å²) in [6.07, 6.45) is 3.40. The molecule has 1 unspecified atom stereocenters. The maximum absolute atomic E-state index is 13.1. The van der Waals surface area contributed by atoms with E-state index < -0.39 is 0 Å². The zero-order chi connectivity index (χ0) is 22.3. The summed E-state index contributed by atoms with van der Waals surface area (Å²) in [6, 6.07) is 22.6. The second kappa shape index (κ2) is 10.4. The Morgan fingerprint density at radius 3 is 2.31 bits per heavy atom. The molecule has 0 aliphatic carbocycles. The van der Waals surface area contributed by atoms with E-state index in [1.807, 2.05) is 65.6 Å². The molecule has 2 amide bonds. The van der Waals surface area contributed by atoms with E-state index in [2.05, 4.69) is 10.3 Å². The zero-order valence-corrected chi connectivity index (χ0v) is 18.5. The lowest BCUT2D eigenvalue weighted by atomic mass is 9.94. The number of hydrogen-bond acceptors (Lipinski definition) is 3. The lowest BCUT2D eigenvalue weighted by Crippen LogP contribution is -2.44. The minimum atomic E-state index is -0.297. The summed E-state index contributed by atoms with van der Waals surface area (Å²) in [5.74, 6) is -0.0272. The normalized spacial score (nSPS) is 15.2. The van der Waals surface area contributed by atoms with Crippen LogP contribution in [0.25, 0.3) is 0 Å². The van der Waals surface area contributed by atoms with Gasteiger partial charge < -0.3 is 10.2 Å². The number of rotatable bonds is 6. The number of piperidine rings is 1. The van der Waals surface area contributed by atoms with Crippen LogP contribution >= 0.6 is 11.6 Å². The molecular weight excluding hydrogens is 422 g/mol. The largest absolute Gasteiger partial charge is 0.343 e. The molecule has 5 nitrogen and oxygen atoms in total. The third-order valence-corrected chi connectivity index (χ3v) is 6.14. The van der Waals surface area contributed by atoms with Crippen molar-refractivity contribution in [2.24, 2.45) is 5.92 Å². The number of carbonyl (C=O) groups excluding carboxylic acids is 2. The van der Waals surface area contributed by atoms with Crippen LogP contribution in [0.2, 0.25) is 5.02 Å². The van der Waals surface area contributed by atoms with Gasteiger partial charge in [-0.05, 0) is 48.2 Å². The first-order chi connectivity index (χ1) is 15.6. The van der Waals surface area contributed by atoms with Crippen molar-refractivity contribution in [3.05, 3.63) is 101 Å². The highest BCUT2D eigenvalue weighted by Gasteiger charge is 2.29. The average molecular weight is 448 g/mol. The third-order valence-electron chi connectivity index (χ3n) is 5.89. The highest BCUT2D eigenvalue weighted by molar-refractivity contribution is 6.30. The standard InChI is InChI=1S/C26H26ClN3O2/c27-22-11-9-19(10-12-22)18-24(31)30-16-13-21(14-17-30)26(32)29-25(20-6-2-1-3-7-20)23-8-4-5-15-28-23/h1-12,15,21,25H,13-14,16-18H2,(H,29,32). The van der Waals surface area contributed by atoms with Crippen molar-refractivity contribution in [3.8, 4) is 0 Å². The molecule has 0 bridgehead atoms. The predicted octanol–water partition coefficient (Wildman–Crippen LogP) is 4.42. The van der Waals surface area contributed by atoms with Gasteiger partial charge in [-0.25, -0.2) is 0 Å². The van der Waals surface area contributed by atoms with E-state index in [-0.39, 0.29) is 23.8 Å². The van der Waals surface area contributed by atoms with Crippen LogP contribution in [0.3, 0.4) is 0 Å². The molecule has 1 aliphatic heterocycles. The molecule has 32 heavy (non-hydrogen) atoms. The number of likely N-dealkylation sites (tertiary alicyclic amines) is 1. The van der Waals surface area contributed by atoms with Gasteiger partial charge in [0.05, 0.1) is 18.2 Å². The first-order valence-electron chi connectivity index (χ1n) is 10.9. The monoisotopic (exact) mass is 447 g/mol. The number of hydrogen-bond donors (Lipinski definition) is 1. The van der Waals surface area contributed by atoms with Crippen LogP contribution in [0.15, 0.2) is 79.0 Å². The van der Waals surface area contributed by atoms with Crippen LogP contribution in [0.5, 0.6) is 0 Å². The van der Waals surface area contributed by atoms with Gasteiger partial charge in [0.15, 0.2) is 0 Å². The van der Waals surface area contributed by atoms with E-state index in [9.17, 15) is 9.59 Å². The summed E-state index contributed by atoms with van der Waals surface area (Å²) in [5, 5.41) is 3.85. The Balaban J connectivity index is 1.36. The fourth-order valence-corrected chi connectivity index (χ4v) is 4.19. The number of benzene rings is 2. The Hall–Kier alpha value is -3.18. The Labute approximate surface area is 193 Å². The SMILES string of the molecule is O=C(NC(c1ccccc1)c1ccccn1)C1CCN(C(=O)Cc2ccc(Cl)cc2)CC1. The van der Waals surface area contributed by atoms with Crippen molar-refractivity contribution in [1.82, 2.24) is 15.2 Å². The molecular formula is C26H26ClN3O2. The van der Waals surface area contributed by atoms with Crippen LogP contribution in [0, 0.1) is 5.92 Å². The van der Waals surface area contributed by atoms with Gasteiger partial charge in [0, 0.05) is 30.2 Å². The van der Waals surface area contributed by atoms with E-state index in [1.54, 1.807) is 18.3 Å². The number of pyridine rings is 1. The topological polar surface area (TPSA) is 62.3 Å². The molecule has 1 aliphatic rings. The van der Waals surface area contributed by atoms with Crippen molar-refractivity contribution in [1.29, 1.82) is 0 Å². The molecule has 1 N–H and O–H groups in total. The molecule has 1 fully saturated rings. The van der Waals surface area contributed by atoms with Crippen LogP contribution < -0.4 is 5.32 Å². The van der Waals surface area contributed by atoms with E-state index in [1.165, 1.54) is 0 Å². The fraction of sp³-hybridized carbons (Fsp3) is 0.269. The smallest absolute Gasteiger partial charge is 0.226 e. The molecule has 1 aromatic heterocycles. The molecule has 4 rings (SSSR count). The van der Waals surface area contributed by atoms with Crippen LogP contribution in [-0.2, 0) is 16.0 Å². The first kappa shape index (κ1) is 22.0. The molecule has 0 saturated carbocycles. The lowest BCUT2D eigenvalue weighted by Gasteiger charge is -2.32. The van der Waals surface area contributed by atoms with Crippen molar-refractivity contribution in [2.45, 2.75) is 25.3 Å². The number of nitrogens with zero attached hydrogens (tertiary/aromatic N) is 2. The summed E-state index contributed by atoms with van der Waals surface area (Å²) >= 11 is 5.92. The maximum Gasteiger partial charge on any atom is 0.226 e. The third kappa shape index (κ3) is 5.54. The van der Waals surface area contributed by atoms with E-state index in [0.29, 0.717) is 37.4 Å². The molecule has 6 heteroatoms. The minimum Gasteiger partial charge on any atom is -0.343 e. The van der Waals surface area contributed by atoms with Crippen molar-refractivity contribution >= 4 is 23.4 Å². The second-order valence-corrected chi connectivity index (χ2v) is 8.50. The average Bonchev–Trinajstić information content (AvgIpc) is 2.85. The van der Waals surface area contributed by atoms with Gasteiger partial charge >= 0.3 is 0 Å². The van der Waals surface area contributed by atoms with E-state index >= 15 is 0 Å². The van der Waals surface area contributed by atoms with Crippen LogP contribution in [0.1, 0.15) is 35.7 Å².